The van der Waals surface area contributed by atoms with Crippen LogP contribution in [0.3, 0.4) is 0 Å². The monoisotopic (exact) mass is 532 g/mol. The first kappa shape index (κ1) is 28.8. The van der Waals surface area contributed by atoms with Crippen molar-refractivity contribution in [1.82, 2.24) is 0 Å². The van der Waals surface area contributed by atoms with Crippen LogP contribution in [0.5, 0.6) is 0 Å². The molecule has 0 aromatic heterocycles. The number of hydrogen-bond donors (Lipinski definition) is 0. The predicted molar refractivity (Wildman–Crippen MR) is 156 cm³/mol. The lowest BCUT2D eigenvalue weighted by molar-refractivity contribution is -0.165. The molecule has 4 rings (SSSR count). The zero-order chi connectivity index (χ0) is 26.4. The number of carbonyl (C=O) groups is 1. The summed E-state index contributed by atoms with van der Waals surface area (Å²) in [6.45, 7) is 19.0. The first-order chi connectivity index (χ1) is 17.0. The number of carbonyl (C=O) groups excluding carboxylic acids is 1. The minimum atomic E-state index is -1.83. The molecule has 0 amide bonds. The summed E-state index contributed by atoms with van der Waals surface area (Å²) < 4.78 is 14.9. The Hall–Kier alpha value is -0.236. The summed E-state index contributed by atoms with van der Waals surface area (Å²) >= 11 is 0. The van der Waals surface area contributed by atoms with Crippen LogP contribution in [0.2, 0.25) is 36.3 Å². The third-order valence-corrected chi connectivity index (χ3v) is 21.8. The molecule has 0 aliphatic heterocycles. The van der Waals surface area contributed by atoms with Crippen LogP contribution in [0, 0.1) is 28.6 Å². The highest BCUT2D eigenvalue weighted by Gasteiger charge is 2.61. The fourth-order valence-electron chi connectivity index (χ4n) is 9.29. The lowest BCUT2D eigenvalue weighted by atomic mass is 9.48. The van der Waals surface area contributed by atoms with Crippen LogP contribution < -0.4 is 0 Å². The van der Waals surface area contributed by atoms with Crippen molar-refractivity contribution >= 4 is 22.4 Å². The van der Waals surface area contributed by atoms with Crippen molar-refractivity contribution in [2.75, 3.05) is 0 Å². The molecule has 206 valence electrons. The number of allylic oxidation sites excluding steroid dienone is 1. The molecule has 0 spiro atoms. The zero-order valence-electron chi connectivity index (χ0n) is 24.9. The van der Waals surface area contributed by atoms with E-state index in [1.165, 1.54) is 49.1 Å². The normalized spacial score (nSPS) is 36.2. The highest BCUT2D eigenvalue weighted by Crippen LogP contribution is 2.65. The second kappa shape index (κ2) is 10.4. The van der Waals surface area contributed by atoms with Gasteiger partial charge in [-0.3, -0.25) is 4.79 Å². The molecule has 4 aliphatic rings. The maximum Gasteiger partial charge on any atom is 0.195 e. The quantitative estimate of drug-likeness (QED) is 0.160. The molecular weight excluding hydrogens is 477 g/mol. The standard InChI is InChI=1S/C31H56O3Si2/c1-9-35(10-2,11-3)33-31(34-36(12-4,13-5)14-6)22-21-29(7)24(23-31)15-16-25-26-17-18-28(32)30(26,8)20-19-27(25)29/h15,25-27H,9-14,16-23H2,1-8H3/t25-,26-,27+,29-,30-/m0/s1. The van der Waals surface area contributed by atoms with Crippen LogP contribution >= 0.6 is 0 Å². The highest BCUT2D eigenvalue weighted by atomic mass is 28.4. The van der Waals surface area contributed by atoms with Gasteiger partial charge in [0.15, 0.2) is 22.4 Å². The molecule has 0 bridgehead atoms. The van der Waals surface area contributed by atoms with Gasteiger partial charge in [0.2, 0.25) is 0 Å². The van der Waals surface area contributed by atoms with E-state index in [1.807, 2.05) is 0 Å². The van der Waals surface area contributed by atoms with E-state index in [4.69, 9.17) is 8.85 Å². The topological polar surface area (TPSA) is 35.5 Å². The molecule has 0 unspecified atom stereocenters. The number of fused-ring (bicyclic) bond motifs is 5. The van der Waals surface area contributed by atoms with E-state index in [1.54, 1.807) is 5.57 Å². The van der Waals surface area contributed by atoms with Crippen molar-refractivity contribution in [1.29, 1.82) is 0 Å². The van der Waals surface area contributed by atoms with Gasteiger partial charge in [0.25, 0.3) is 0 Å². The fraction of sp³-hybridized carbons (Fsp3) is 0.903. The molecule has 4 aliphatic carbocycles. The number of hydrogen-bond acceptors (Lipinski definition) is 3. The average molecular weight is 533 g/mol. The van der Waals surface area contributed by atoms with E-state index in [0.29, 0.717) is 17.6 Å². The summed E-state index contributed by atoms with van der Waals surface area (Å²) in [6.07, 6.45) is 11.3. The van der Waals surface area contributed by atoms with Crippen molar-refractivity contribution < 1.29 is 13.6 Å². The van der Waals surface area contributed by atoms with Gasteiger partial charge in [-0.25, -0.2) is 0 Å². The van der Waals surface area contributed by atoms with Gasteiger partial charge in [-0.2, -0.15) is 0 Å². The van der Waals surface area contributed by atoms with Crippen molar-refractivity contribution in [3.05, 3.63) is 11.6 Å². The smallest absolute Gasteiger partial charge is 0.195 e. The summed E-state index contributed by atoms with van der Waals surface area (Å²) in [4.78, 5) is 12.8. The van der Waals surface area contributed by atoms with Gasteiger partial charge in [-0.15, -0.1) is 0 Å². The van der Waals surface area contributed by atoms with Gasteiger partial charge >= 0.3 is 0 Å². The second-order valence-corrected chi connectivity index (χ2v) is 22.8. The zero-order valence-corrected chi connectivity index (χ0v) is 26.9. The fourth-order valence-corrected chi connectivity index (χ4v) is 15.3. The maximum atomic E-state index is 12.8. The Bertz CT molecular complexity index is 806. The number of ketones is 1. The average Bonchev–Trinajstić information content (AvgIpc) is 3.21. The molecule has 0 aromatic rings. The van der Waals surface area contributed by atoms with E-state index < -0.39 is 22.4 Å². The first-order valence-electron chi connectivity index (χ1n) is 15.7. The molecule has 36 heavy (non-hydrogen) atoms. The summed E-state index contributed by atoms with van der Waals surface area (Å²) in [7, 11) is -3.67. The van der Waals surface area contributed by atoms with Crippen LogP contribution in [-0.4, -0.2) is 28.2 Å². The third kappa shape index (κ3) is 4.50. The molecule has 0 aromatic carbocycles. The van der Waals surface area contributed by atoms with Crippen LogP contribution in [0.15, 0.2) is 11.6 Å². The van der Waals surface area contributed by atoms with E-state index in [2.05, 4.69) is 61.5 Å². The molecule has 3 saturated carbocycles. The second-order valence-electron chi connectivity index (χ2n) is 13.5. The molecule has 0 N–H and O–H groups in total. The molecule has 5 heteroatoms. The molecule has 5 atom stereocenters. The lowest BCUT2D eigenvalue weighted by Gasteiger charge is -2.60. The SMILES string of the molecule is CC[Si](CC)(CC)OC1(O[Si](CC)(CC)CC)CC[C@@]2(C)C(=CC[C@@H]3[C@H]2CC[C@]2(C)C(=O)CC[C@@H]32)C1. The molecule has 0 heterocycles. The van der Waals surface area contributed by atoms with Crippen molar-refractivity contribution in [2.24, 2.45) is 28.6 Å². The predicted octanol–water partition coefficient (Wildman–Crippen LogP) is 9.26. The number of Topliss-reactive ketones (excluding diaryl/α,β-unsaturated/α-hetero) is 1. The van der Waals surface area contributed by atoms with Crippen molar-refractivity contribution in [3.8, 4) is 0 Å². The van der Waals surface area contributed by atoms with Crippen LogP contribution in [0.25, 0.3) is 0 Å². The third-order valence-electron chi connectivity index (χ3n) is 12.5. The molecule has 0 saturated heterocycles. The summed E-state index contributed by atoms with van der Waals surface area (Å²) in [6, 6.07) is 7.08. The van der Waals surface area contributed by atoms with Crippen molar-refractivity contribution in [2.45, 2.75) is 149 Å². The van der Waals surface area contributed by atoms with Crippen LogP contribution in [-0.2, 0) is 13.6 Å². The van der Waals surface area contributed by atoms with Crippen molar-refractivity contribution in [3.63, 3.8) is 0 Å². The highest BCUT2D eigenvalue weighted by molar-refractivity contribution is 6.74. The Labute approximate surface area is 224 Å². The Morgan fingerprint density at radius 3 is 1.83 bits per heavy atom. The molecule has 3 fully saturated rings. The Morgan fingerprint density at radius 1 is 0.778 bits per heavy atom. The molecular formula is C31H56O3Si2. The van der Waals surface area contributed by atoms with E-state index in [0.717, 1.165) is 44.4 Å². The Balaban J connectivity index is 1.69. The van der Waals surface area contributed by atoms with Gasteiger partial charge in [0, 0.05) is 24.7 Å². The van der Waals surface area contributed by atoms with Gasteiger partial charge in [-0.05, 0) is 91.5 Å². The van der Waals surface area contributed by atoms with Crippen LogP contribution in [0.1, 0.15) is 107 Å². The molecule has 3 nitrogen and oxygen atoms in total. The number of rotatable bonds is 10. The van der Waals surface area contributed by atoms with E-state index >= 15 is 0 Å². The minimum Gasteiger partial charge on any atom is -0.390 e. The van der Waals surface area contributed by atoms with E-state index in [-0.39, 0.29) is 10.8 Å². The first-order valence-corrected chi connectivity index (χ1v) is 20.7. The maximum absolute atomic E-state index is 12.8. The van der Waals surface area contributed by atoms with Crippen LogP contribution in [0.4, 0.5) is 0 Å². The largest absolute Gasteiger partial charge is 0.390 e. The van der Waals surface area contributed by atoms with Gasteiger partial charge < -0.3 is 8.85 Å². The summed E-state index contributed by atoms with van der Waals surface area (Å²) in [5.41, 5.74) is 1.84. The Kier molecular flexibility index (Phi) is 8.30. The Morgan fingerprint density at radius 2 is 1.31 bits per heavy atom. The lowest BCUT2D eigenvalue weighted by Crippen LogP contribution is -2.59. The summed E-state index contributed by atoms with van der Waals surface area (Å²) in [5.74, 6) is 2.14. The summed E-state index contributed by atoms with van der Waals surface area (Å²) in [5, 5.41) is 0. The minimum absolute atomic E-state index is 0.0450. The van der Waals surface area contributed by atoms with E-state index in [9.17, 15) is 4.79 Å². The van der Waals surface area contributed by atoms with Gasteiger partial charge in [0.1, 0.15) is 5.78 Å². The van der Waals surface area contributed by atoms with Gasteiger partial charge in [-0.1, -0.05) is 67.0 Å². The van der Waals surface area contributed by atoms with Gasteiger partial charge in [0.05, 0.1) is 0 Å². The molecule has 0 radical (unpaired) electrons.